The Hall–Kier alpha value is -2.01. The third-order valence-corrected chi connectivity index (χ3v) is 4.43. The Balaban J connectivity index is 1.65. The first-order valence-corrected chi connectivity index (χ1v) is 8.99. The summed E-state index contributed by atoms with van der Waals surface area (Å²) >= 11 is 6.07. The van der Waals surface area contributed by atoms with E-state index in [9.17, 15) is 4.79 Å². The van der Waals surface area contributed by atoms with Gasteiger partial charge in [0.2, 0.25) is 0 Å². The first-order valence-electron chi connectivity index (χ1n) is 8.61. The van der Waals surface area contributed by atoms with Crippen molar-refractivity contribution in [3.63, 3.8) is 0 Å². The highest BCUT2D eigenvalue weighted by Crippen LogP contribution is 2.28. The highest BCUT2D eigenvalue weighted by atomic mass is 35.5. The molecular weight excluding hydrogens is 338 g/mol. The number of para-hydroxylation sites is 1. The highest BCUT2D eigenvalue weighted by molar-refractivity contribution is 6.29. The number of amides is 1. The van der Waals surface area contributed by atoms with Gasteiger partial charge in [-0.3, -0.25) is 0 Å². The van der Waals surface area contributed by atoms with Gasteiger partial charge >= 0.3 is 6.09 Å². The quantitative estimate of drug-likeness (QED) is 0.806. The summed E-state index contributed by atoms with van der Waals surface area (Å²) in [6, 6.07) is 10.1. The fraction of sp³-hybridized carbons (Fsp3) is 0.474. The normalized spacial score (nSPS) is 16.1. The van der Waals surface area contributed by atoms with E-state index in [0.29, 0.717) is 5.15 Å². The lowest BCUT2D eigenvalue weighted by Gasteiger charge is -2.34. The molecular formula is C19H24ClN3O2. The molecule has 134 valence electrons. The minimum Gasteiger partial charge on any atom is -0.444 e. The molecule has 25 heavy (non-hydrogen) atoms. The molecule has 0 aliphatic carbocycles. The van der Waals surface area contributed by atoms with E-state index in [2.05, 4.69) is 21.3 Å². The maximum absolute atomic E-state index is 11.9. The third kappa shape index (κ3) is 4.54. The van der Waals surface area contributed by atoms with Gasteiger partial charge in [0, 0.05) is 24.5 Å². The number of rotatable bonds is 2. The first kappa shape index (κ1) is 17.8. The summed E-state index contributed by atoms with van der Waals surface area (Å²) in [6.07, 6.45) is 1.40. The molecule has 1 amide bonds. The first-order chi connectivity index (χ1) is 11.8. The van der Waals surface area contributed by atoms with Gasteiger partial charge in [-0.25, -0.2) is 9.78 Å². The van der Waals surface area contributed by atoms with Crippen LogP contribution in [0, 0.1) is 0 Å². The van der Waals surface area contributed by atoms with Gasteiger partial charge in [0.1, 0.15) is 10.8 Å². The predicted molar refractivity (Wildman–Crippen MR) is 101 cm³/mol. The molecule has 2 heterocycles. The van der Waals surface area contributed by atoms with Crippen molar-refractivity contribution in [2.24, 2.45) is 0 Å². The molecule has 6 heteroatoms. The minimum absolute atomic E-state index is 0.137. The molecule has 1 aromatic carbocycles. The lowest BCUT2D eigenvalue weighted by Crippen LogP contribution is -2.46. The fourth-order valence-electron chi connectivity index (χ4n) is 3.10. The topological polar surface area (TPSA) is 54.5 Å². The number of hydrogen-bond donors (Lipinski definition) is 1. The molecule has 1 saturated heterocycles. The smallest absolute Gasteiger partial charge is 0.407 e. The van der Waals surface area contributed by atoms with Gasteiger partial charge < -0.3 is 15.0 Å². The van der Waals surface area contributed by atoms with Gasteiger partial charge in [0.05, 0.1) is 11.2 Å². The highest BCUT2D eigenvalue weighted by Gasteiger charge is 2.24. The van der Waals surface area contributed by atoms with Crippen LogP contribution in [0.4, 0.5) is 10.5 Å². The predicted octanol–water partition coefficient (Wildman–Crippen LogP) is 4.38. The number of ether oxygens (including phenoxy) is 1. The van der Waals surface area contributed by atoms with E-state index < -0.39 is 5.60 Å². The van der Waals surface area contributed by atoms with Gasteiger partial charge in [-0.05, 0) is 51.8 Å². The standard InChI is InChI=1S/C19H24ClN3O2/c1-19(2,3)25-18(24)21-14-9-11-23(12-10-14)15-6-4-5-13-7-8-16(20)22-17(13)15/h4-8,14H,9-12H2,1-3H3,(H,21,24). The molecule has 1 aliphatic rings. The summed E-state index contributed by atoms with van der Waals surface area (Å²) in [5, 5.41) is 4.55. The molecule has 3 rings (SSSR count). The number of pyridine rings is 1. The zero-order chi connectivity index (χ0) is 18.0. The van der Waals surface area contributed by atoms with Crippen molar-refractivity contribution in [2.75, 3.05) is 18.0 Å². The lowest BCUT2D eigenvalue weighted by atomic mass is 10.0. The summed E-state index contributed by atoms with van der Waals surface area (Å²) in [7, 11) is 0. The second-order valence-corrected chi connectivity index (χ2v) is 7.78. The number of piperidine rings is 1. The van der Waals surface area contributed by atoms with Crippen LogP contribution >= 0.6 is 11.6 Å². The average Bonchev–Trinajstić information content (AvgIpc) is 2.53. The number of carbonyl (C=O) groups excluding carboxylic acids is 1. The molecule has 1 aliphatic heterocycles. The van der Waals surface area contributed by atoms with Crippen LogP contribution in [-0.2, 0) is 4.74 Å². The Morgan fingerprint density at radius 1 is 1.24 bits per heavy atom. The summed E-state index contributed by atoms with van der Waals surface area (Å²) in [4.78, 5) is 18.7. The van der Waals surface area contributed by atoms with E-state index in [1.165, 1.54) is 0 Å². The van der Waals surface area contributed by atoms with Crippen LogP contribution in [-0.4, -0.2) is 35.8 Å². The third-order valence-electron chi connectivity index (χ3n) is 4.22. The van der Waals surface area contributed by atoms with Crippen LogP contribution in [0.3, 0.4) is 0 Å². The monoisotopic (exact) mass is 361 g/mol. The number of nitrogens with one attached hydrogen (secondary N) is 1. The van der Waals surface area contributed by atoms with Crippen molar-refractivity contribution < 1.29 is 9.53 Å². The number of halogens is 1. The van der Waals surface area contributed by atoms with Crippen molar-refractivity contribution in [3.05, 3.63) is 35.5 Å². The van der Waals surface area contributed by atoms with E-state index in [0.717, 1.165) is 42.5 Å². The Morgan fingerprint density at radius 2 is 1.96 bits per heavy atom. The van der Waals surface area contributed by atoms with Crippen molar-refractivity contribution in [3.8, 4) is 0 Å². The van der Waals surface area contributed by atoms with Crippen LogP contribution in [0.25, 0.3) is 10.9 Å². The van der Waals surface area contributed by atoms with Crippen LogP contribution < -0.4 is 10.2 Å². The van der Waals surface area contributed by atoms with Crippen LogP contribution in [0.15, 0.2) is 30.3 Å². The van der Waals surface area contributed by atoms with Gasteiger partial charge in [0.15, 0.2) is 0 Å². The number of nitrogens with zero attached hydrogens (tertiary/aromatic N) is 2. The van der Waals surface area contributed by atoms with E-state index >= 15 is 0 Å². The van der Waals surface area contributed by atoms with E-state index in [-0.39, 0.29) is 12.1 Å². The molecule has 0 bridgehead atoms. The number of benzene rings is 1. The van der Waals surface area contributed by atoms with Crippen molar-refractivity contribution in [1.29, 1.82) is 0 Å². The number of alkyl carbamates (subject to hydrolysis) is 1. The SMILES string of the molecule is CC(C)(C)OC(=O)NC1CCN(c2cccc3ccc(Cl)nc23)CC1. The van der Waals surface area contributed by atoms with E-state index in [4.69, 9.17) is 16.3 Å². The van der Waals surface area contributed by atoms with Gasteiger partial charge in [-0.2, -0.15) is 0 Å². The molecule has 0 unspecified atom stereocenters. The summed E-state index contributed by atoms with van der Waals surface area (Å²) < 4.78 is 5.33. The molecule has 0 radical (unpaired) electrons. The molecule has 2 aromatic rings. The maximum Gasteiger partial charge on any atom is 0.407 e. The zero-order valence-corrected chi connectivity index (χ0v) is 15.6. The second kappa shape index (κ2) is 7.08. The van der Waals surface area contributed by atoms with Gasteiger partial charge in [0.25, 0.3) is 0 Å². The molecule has 0 atom stereocenters. The van der Waals surface area contributed by atoms with Crippen LogP contribution in [0.5, 0.6) is 0 Å². The Morgan fingerprint density at radius 3 is 2.64 bits per heavy atom. The molecule has 1 N–H and O–H groups in total. The maximum atomic E-state index is 11.9. The van der Waals surface area contributed by atoms with Crippen molar-refractivity contribution in [1.82, 2.24) is 10.3 Å². The number of fused-ring (bicyclic) bond motifs is 1. The summed E-state index contributed by atoms with van der Waals surface area (Å²) in [6.45, 7) is 7.32. The molecule has 1 aromatic heterocycles. The Labute approximate surface area is 153 Å². The fourth-order valence-corrected chi connectivity index (χ4v) is 3.25. The zero-order valence-electron chi connectivity index (χ0n) is 14.9. The molecule has 0 spiro atoms. The number of anilines is 1. The Kier molecular flexibility index (Phi) is 5.04. The Bertz CT molecular complexity index is 765. The minimum atomic E-state index is -0.474. The number of aromatic nitrogens is 1. The van der Waals surface area contributed by atoms with Crippen LogP contribution in [0.1, 0.15) is 33.6 Å². The second-order valence-electron chi connectivity index (χ2n) is 7.39. The number of carbonyl (C=O) groups is 1. The van der Waals surface area contributed by atoms with E-state index in [1.54, 1.807) is 0 Å². The molecule has 0 saturated carbocycles. The molecule has 1 fully saturated rings. The van der Waals surface area contributed by atoms with Crippen molar-refractivity contribution in [2.45, 2.75) is 45.3 Å². The summed E-state index contributed by atoms with van der Waals surface area (Å²) in [5.74, 6) is 0. The average molecular weight is 362 g/mol. The largest absolute Gasteiger partial charge is 0.444 e. The van der Waals surface area contributed by atoms with Crippen molar-refractivity contribution >= 4 is 34.3 Å². The lowest BCUT2D eigenvalue weighted by molar-refractivity contribution is 0.0497. The summed E-state index contributed by atoms with van der Waals surface area (Å²) in [5.41, 5.74) is 1.54. The van der Waals surface area contributed by atoms with Gasteiger partial charge in [-0.1, -0.05) is 23.7 Å². The molecule has 5 nitrogen and oxygen atoms in total. The number of hydrogen-bond acceptors (Lipinski definition) is 4. The van der Waals surface area contributed by atoms with Crippen LogP contribution in [0.2, 0.25) is 5.15 Å². The van der Waals surface area contributed by atoms with Gasteiger partial charge in [-0.15, -0.1) is 0 Å². The van der Waals surface area contributed by atoms with E-state index in [1.807, 2.05) is 45.0 Å².